The predicted molar refractivity (Wildman–Crippen MR) is 250 cm³/mol. The van der Waals surface area contributed by atoms with Crippen molar-refractivity contribution in [3.05, 3.63) is 198 Å². The normalized spacial score (nSPS) is 18.7. The molecular formula is C52H49BrF6N3O2P. The quantitative estimate of drug-likeness (QED) is 0.0906. The van der Waals surface area contributed by atoms with E-state index in [0.717, 1.165) is 24.1 Å². The van der Waals surface area contributed by atoms with Gasteiger partial charge in [-0.2, -0.15) is 4.58 Å². The van der Waals surface area contributed by atoms with Crippen molar-refractivity contribution in [2.75, 3.05) is 19.4 Å². The fourth-order valence-electron chi connectivity index (χ4n) is 9.22. The fourth-order valence-corrected chi connectivity index (χ4v) is 9.22. The second-order valence-electron chi connectivity index (χ2n) is 16.8. The molecule has 0 fully saturated rings. The number of hydrogen-bond acceptors (Lipinski definition) is 2. The van der Waals surface area contributed by atoms with Gasteiger partial charge in [0.15, 0.2) is 11.4 Å². The number of para-hydroxylation sites is 1. The summed E-state index contributed by atoms with van der Waals surface area (Å²) in [6, 6.07) is 54.6. The Morgan fingerprint density at radius 1 is 0.600 bits per heavy atom. The zero-order valence-corrected chi connectivity index (χ0v) is 38.9. The van der Waals surface area contributed by atoms with Gasteiger partial charge in [0.2, 0.25) is 11.4 Å². The summed E-state index contributed by atoms with van der Waals surface area (Å²) in [6.07, 6.45) is 6.09. The molecule has 13 heteroatoms. The third-order valence-electron chi connectivity index (χ3n) is 12.3. The fraction of sp³-hybridized carbons (Fsp3) is 0.173. The first-order chi connectivity index (χ1) is 30.0. The summed E-state index contributed by atoms with van der Waals surface area (Å²) >= 11 is 0. The van der Waals surface area contributed by atoms with Crippen LogP contribution >= 0.6 is 7.81 Å². The first-order valence-electron chi connectivity index (χ1n) is 20.7. The van der Waals surface area contributed by atoms with Crippen LogP contribution in [0.1, 0.15) is 53.4 Å². The second-order valence-corrected chi connectivity index (χ2v) is 18.7. The van der Waals surface area contributed by atoms with Gasteiger partial charge >= 0.3 is 39.0 Å². The summed E-state index contributed by atoms with van der Waals surface area (Å²) in [4.78, 5) is 11.1. The number of carbonyl (C=O) groups is 1. The first-order valence-corrected chi connectivity index (χ1v) is 22.7. The first kappa shape index (κ1) is 48.4. The maximum atomic E-state index is 11.1. The van der Waals surface area contributed by atoms with Crippen molar-refractivity contribution in [3.63, 3.8) is 0 Å². The third kappa shape index (κ3) is 11.1. The molecule has 0 spiro atoms. The van der Waals surface area contributed by atoms with Gasteiger partial charge in [0.05, 0.1) is 16.4 Å². The smallest absolute Gasteiger partial charge is 1.00 e. The number of fused-ring (bicyclic) bond motifs is 6. The molecule has 2 atom stereocenters. The molecule has 0 bridgehead atoms. The Balaban J connectivity index is 0.000000188. The second kappa shape index (κ2) is 17.7. The molecule has 0 saturated heterocycles. The topological polar surface area (TPSA) is 55.4 Å². The Hall–Kier alpha value is -6.10. The molecule has 7 aromatic carbocycles. The molecule has 0 saturated carbocycles. The van der Waals surface area contributed by atoms with Gasteiger partial charge in [-0.3, -0.25) is 0 Å². The number of rotatable bonds is 8. The molecule has 9 rings (SSSR count). The Morgan fingerprint density at radius 2 is 1.03 bits per heavy atom. The van der Waals surface area contributed by atoms with Gasteiger partial charge in [0.1, 0.15) is 14.1 Å². The zero-order valence-electron chi connectivity index (χ0n) is 36.4. The molecule has 7 aromatic rings. The van der Waals surface area contributed by atoms with Crippen molar-refractivity contribution in [3.8, 4) is 0 Å². The van der Waals surface area contributed by atoms with Gasteiger partial charge in [-0.15, -0.1) is 0 Å². The standard InChI is InChI=1S/C29H26N2.C23H21NO2.BrH.F6P/c1-29(21-22-11-5-3-6-12-22)27(19-20-30-24-14-7-4-8-15-24)31(2)26-18-17-23-13-9-10-16-25(23)28(26)29;1-15-23(2,14-16-8-10-18(11-9-16)22(25)26)21-19-7-5-4-6-17(19)12-13-20(21)24(15)3;;1-7(2,3,4,5)6/h3-20H,21H2,1-2H3;4-13H,14H2,1-3H3;1H;/q;;;-1/p+1. The zero-order chi connectivity index (χ0) is 46.1. The molecule has 2 aliphatic heterocycles. The van der Waals surface area contributed by atoms with Crippen molar-refractivity contribution in [1.29, 1.82) is 0 Å². The van der Waals surface area contributed by atoms with Gasteiger partial charge in [-0.25, -0.2) is 9.37 Å². The van der Waals surface area contributed by atoms with Crippen LogP contribution in [0.2, 0.25) is 0 Å². The minimum Gasteiger partial charge on any atom is -1.00 e. The SMILES string of the molecule is CC1=[N+](C)c2ccc3ccccc3c2C1(C)Cc1ccc(C(=O)O)cc1.C[N+]1=C(/C=C/Nc2ccccc2)C(C)(Cc2ccccc2)c2c1ccc1ccccc21.F[P-](F)(F)(F)(F)F.[Br-]. The van der Waals surface area contributed by atoms with E-state index in [-0.39, 0.29) is 27.8 Å². The van der Waals surface area contributed by atoms with Crippen LogP contribution < -0.4 is 22.3 Å². The predicted octanol–water partition coefficient (Wildman–Crippen LogP) is 11.9. The van der Waals surface area contributed by atoms with Crippen LogP contribution in [0.4, 0.5) is 42.2 Å². The molecule has 0 aliphatic carbocycles. The summed E-state index contributed by atoms with van der Waals surface area (Å²) in [5.74, 6) is -0.887. The number of nitrogens with zero attached hydrogens (tertiary/aromatic N) is 2. The van der Waals surface area contributed by atoms with Crippen molar-refractivity contribution in [2.24, 2.45) is 0 Å². The maximum absolute atomic E-state index is 11.1. The molecule has 0 aromatic heterocycles. The average molecular weight is 973 g/mol. The maximum Gasteiger partial charge on any atom is -1.00 e. The number of nitrogens with one attached hydrogen (secondary N) is 1. The molecule has 0 radical (unpaired) electrons. The van der Waals surface area contributed by atoms with Gasteiger partial charge in [-0.05, 0) is 95.8 Å². The van der Waals surface area contributed by atoms with Crippen LogP contribution in [0.5, 0.6) is 0 Å². The molecule has 2 heterocycles. The number of allylic oxidation sites excluding steroid dienone is 1. The van der Waals surface area contributed by atoms with E-state index in [4.69, 9.17) is 5.11 Å². The van der Waals surface area contributed by atoms with Crippen molar-refractivity contribution < 1.29 is 61.2 Å². The van der Waals surface area contributed by atoms with Gasteiger partial charge in [0, 0.05) is 48.1 Å². The van der Waals surface area contributed by atoms with Crippen LogP contribution in [-0.4, -0.2) is 45.7 Å². The number of aromatic carboxylic acids is 1. The Morgan fingerprint density at radius 3 is 1.55 bits per heavy atom. The summed E-state index contributed by atoms with van der Waals surface area (Å²) in [5.41, 5.74) is 11.6. The van der Waals surface area contributed by atoms with E-state index in [1.165, 1.54) is 61.0 Å². The van der Waals surface area contributed by atoms with Crippen LogP contribution in [0, 0.1) is 0 Å². The van der Waals surface area contributed by atoms with Crippen LogP contribution in [0.3, 0.4) is 0 Å². The number of carboxylic acids is 1. The van der Waals surface area contributed by atoms with Crippen molar-refractivity contribution in [1.82, 2.24) is 0 Å². The third-order valence-corrected chi connectivity index (χ3v) is 12.3. The number of carboxylic acid groups (broad SMARTS) is 1. The molecule has 338 valence electrons. The Bertz CT molecular complexity index is 2990. The van der Waals surface area contributed by atoms with Crippen molar-refractivity contribution >= 4 is 63.8 Å². The van der Waals surface area contributed by atoms with E-state index >= 15 is 0 Å². The van der Waals surface area contributed by atoms with E-state index in [2.05, 4.69) is 177 Å². The van der Waals surface area contributed by atoms with Crippen LogP contribution in [0.15, 0.2) is 170 Å². The number of benzene rings is 7. The Kier molecular flexibility index (Phi) is 13.2. The minimum absolute atomic E-state index is 0. The minimum atomic E-state index is -10.7. The van der Waals surface area contributed by atoms with Crippen LogP contribution in [-0.2, 0) is 23.7 Å². The largest absolute Gasteiger partial charge is 1.00 e. The number of anilines is 1. The number of hydrogen-bond donors (Lipinski definition) is 2. The molecule has 2 aliphatic rings. The average Bonchev–Trinajstić information content (AvgIpc) is 3.58. The van der Waals surface area contributed by atoms with E-state index < -0.39 is 13.8 Å². The molecule has 2 unspecified atom stereocenters. The molecule has 5 nitrogen and oxygen atoms in total. The molecular weight excluding hydrogens is 923 g/mol. The van der Waals surface area contributed by atoms with Gasteiger partial charge < -0.3 is 27.4 Å². The summed E-state index contributed by atoms with van der Waals surface area (Å²) in [5, 5.41) is 17.7. The Labute approximate surface area is 385 Å². The molecule has 2 N–H and O–H groups in total. The van der Waals surface area contributed by atoms with E-state index in [0.29, 0.717) is 5.56 Å². The van der Waals surface area contributed by atoms with Gasteiger partial charge in [0.25, 0.3) is 0 Å². The van der Waals surface area contributed by atoms with E-state index in [1.807, 2.05) is 30.3 Å². The molecule has 65 heavy (non-hydrogen) atoms. The summed E-state index contributed by atoms with van der Waals surface area (Å²) < 4.78 is 63.8. The molecule has 0 amide bonds. The number of halogens is 7. The summed E-state index contributed by atoms with van der Waals surface area (Å²) in [7, 11) is -6.34. The monoisotopic (exact) mass is 971 g/mol. The van der Waals surface area contributed by atoms with E-state index in [1.54, 1.807) is 12.1 Å². The van der Waals surface area contributed by atoms with Crippen molar-refractivity contribution in [2.45, 2.75) is 44.4 Å². The summed E-state index contributed by atoms with van der Waals surface area (Å²) in [6.45, 7) is 6.87. The van der Waals surface area contributed by atoms with Gasteiger partial charge in [-0.1, -0.05) is 109 Å². The van der Waals surface area contributed by atoms with Crippen LogP contribution in [0.25, 0.3) is 21.5 Å². The van der Waals surface area contributed by atoms with E-state index in [9.17, 15) is 30.0 Å².